The molecule has 0 bridgehead atoms. The van der Waals surface area contributed by atoms with Crippen LogP contribution < -0.4 is 5.32 Å². The minimum Gasteiger partial charge on any atom is -0.451 e. The predicted molar refractivity (Wildman–Crippen MR) is 105 cm³/mol. The quantitative estimate of drug-likeness (QED) is 0.510. The summed E-state index contributed by atoms with van der Waals surface area (Å²) in [6.45, 7) is 2.21. The van der Waals surface area contributed by atoms with Crippen molar-refractivity contribution in [1.82, 2.24) is 10.3 Å². The third-order valence-corrected chi connectivity index (χ3v) is 5.21. The third kappa shape index (κ3) is 3.23. The van der Waals surface area contributed by atoms with Gasteiger partial charge >= 0.3 is 0 Å². The number of aromatic nitrogens is 1. The summed E-state index contributed by atoms with van der Waals surface area (Å²) in [5.41, 5.74) is 3.41. The van der Waals surface area contributed by atoms with E-state index < -0.39 is 0 Å². The molecule has 4 nitrogen and oxygen atoms in total. The first-order chi connectivity index (χ1) is 12.6. The number of aryl methyl sites for hydroxylation is 1. The highest BCUT2D eigenvalue weighted by molar-refractivity contribution is 7.09. The summed E-state index contributed by atoms with van der Waals surface area (Å²) < 4.78 is 5.69. The second-order valence-corrected chi connectivity index (χ2v) is 7.25. The van der Waals surface area contributed by atoms with Gasteiger partial charge in [0.2, 0.25) is 0 Å². The van der Waals surface area contributed by atoms with Crippen molar-refractivity contribution in [2.24, 2.45) is 0 Å². The molecule has 0 fully saturated rings. The monoisotopic (exact) mass is 382 g/mol. The maximum Gasteiger partial charge on any atom is 0.287 e. The first-order valence-electron chi connectivity index (χ1n) is 8.08. The highest BCUT2D eigenvalue weighted by Gasteiger charge is 2.18. The van der Waals surface area contributed by atoms with Crippen LogP contribution in [0.25, 0.3) is 22.2 Å². The average molecular weight is 383 g/mol. The fraction of sp³-hybridized carbons (Fsp3) is 0.100. The Morgan fingerprint density at radius 1 is 1.23 bits per heavy atom. The van der Waals surface area contributed by atoms with Gasteiger partial charge in [0.1, 0.15) is 10.6 Å². The van der Waals surface area contributed by atoms with Gasteiger partial charge in [-0.1, -0.05) is 41.9 Å². The van der Waals surface area contributed by atoms with Crippen molar-refractivity contribution in [2.45, 2.75) is 13.5 Å². The second kappa shape index (κ2) is 6.94. The maximum atomic E-state index is 12.5. The Labute approximate surface area is 159 Å². The molecule has 0 radical (unpaired) electrons. The number of nitrogens with zero attached hydrogens (tertiary/aromatic N) is 1. The average Bonchev–Trinajstić information content (AvgIpc) is 3.26. The van der Waals surface area contributed by atoms with Gasteiger partial charge < -0.3 is 9.73 Å². The van der Waals surface area contributed by atoms with Gasteiger partial charge in [0.05, 0.1) is 12.2 Å². The van der Waals surface area contributed by atoms with Gasteiger partial charge in [-0.15, -0.1) is 11.3 Å². The lowest BCUT2D eigenvalue weighted by Gasteiger charge is -2.01. The number of furan rings is 1. The third-order valence-electron chi connectivity index (χ3n) is 4.13. The highest BCUT2D eigenvalue weighted by Crippen LogP contribution is 2.28. The summed E-state index contributed by atoms with van der Waals surface area (Å²) >= 11 is 7.54. The van der Waals surface area contributed by atoms with Gasteiger partial charge in [-0.3, -0.25) is 4.79 Å². The smallest absolute Gasteiger partial charge is 0.287 e. The SMILES string of the molecule is Cc1c(C(=O)NCc2nc(-c3ccccc3)cs2)oc2ccc(Cl)cc12. The largest absolute Gasteiger partial charge is 0.451 e. The molecule has 6 heteroatoms. The van der Waals surface area contributed by atoms with Crippen molar-refractivity contribution in [3.8, 4) is 11.3 Å². The molecule has 0 aliphatic heterocycles. The molecule has 2 heterocycles. The van der Waals surface area contributed by atoms with Gasteiger partial charge in [0.25, 0.3) is 5.91 Å². The van der Waals surface area contributed by atoms with Gasteiger partial charge in [-0.2, -0.15) is 0 Å². The molecule has 4 rings (SSSR count). The number of hydrogen-bond acceptors (Lipinski definition) is 4. The molecule has 0 spiro atoms. The molecule has 1 amide bonds. The molecule has 0 unspecified atom stereocenters. The van der Waals surface area contributed by atoms with Crippen LogP contribution in [-0.2, 0) is 6.54 Å². The Morgan fingerprint density at radius 2 is 2.04 bits per heavy atom. The molecule has 0 aliphatic carbocycles. The predicted octanol–water partition coefficient (Wildman–Crippen LogP) is 5.45. The Hall–Kier alpha value is -2.63. The van der Waals surface area contributed by atoms with Crippen molar-refractivity contribution in [3.05, 3.63) is 75.3 Å². The molecule has 0 saturated carbocycles. The van der Waals surface area contributed by atoms with Crippen LogP contribution in [0, 0.1) is 6.92 Å². The maximum absolute atomic E-state index is 12.5. The molecule has 0 aliphatic rings. The molecule has 4 aromatic rings. The number of hydrogen-bond donors (Lipinski definition) is 1. The van der Waals surface area contributed by atoms with E-state index >= 15 is 0 Å². The minimum absolute atomic E-state index is 0.258. The molecule has 2 aromatic carbocycles. The van der Waals surface area contributed by atoms with Crippen molar-refractivity contribution in [2.75, 3.05) is 0 Å². The van der Waals surface area contributed by atoms with Gasteiger partial charge in [-0.25, -0.2) is 4.98 Å². The second-order valence-electron chi connectivity index (χ2n) is 5.87. The van der Waals surface area contributed by atoms with Crippen LogP contribution in [0.5, 0.6) is 0 Å². The van der Waals surface area contributed by atoms with Crippen LogP contribution >= 0.6 is 22.9 Å². The van der Waals surface area contributed by atoms with Crippen LogP contribution in [-0.4, -0.2) is 10.9 Å². The van der Waals surface area contributed by atoms with E-state index in [9.17, 15) is 4.79 Å². The van der Waals surface area contributed by atoms with Gasteiger partial charge in [0.15, 0.2) is 5.76 Å². The number of carbonyl (C=O) groups is 1. The molecular weight excluding hydrogens is 368 g/mol. The number of halogens is 1. The van der Waals surface area contributed by atoms with Crippen LogP contribution in [0.4, 0.5) is 0 Å². The van der Waals surface area contributed by atoms with Crippen molar-refractivity contribution < 1.29 is 9.21 Å². The van der Waals surface area contributed by atoms with E-state index in [0.29, 0.717) is 22.9 Å². The highest BCUT2D eigenvalue weighted by atomic mass is 35.5. The van der Waals surface area contributed by atoms with Crippen molar-refractivity contribution in [3.63, 3.8) is 0 Å². The summed E-state index contributed by atoms with van der Waals surface area (Å²) in [4.78, 5) is 17.1. The lowest BCUT2D eigenvalue weighted by atomic mass is 10.1. The zero-order valence-electron chi connectivity index (χ0n) is 14.0. The number of benzene rings is 2. The van der Waals surface area contributed by atoms with E-state index in [1.807, 2.05) is 42.6 Å². The number of amides is 1. The normalized spacial score (nSPS) is 11.0. The molecule has 1 N–H and O–H groups in total. The van der Waals surface area contributed by atoms with E-state index in [-0.39, 0.29) is 5.91 Å². The first kappa shape index (κ1) is 16.8. The zero-order valence-corrected chi connectivity index (χ0v) is 15.5. The molecule has 0 atom stereocenters. The van der Waals surface area contributed by atoms with Crippen LogP contribution in [0.1, 0.15) is 21.1 Å². The van der Waals surface area contributed by atoms with E-state index in [1.165, 1.54) is 11.3 Å². The van der Waals surface area contributed by atoms with Crippen molar-refractivity contribution in [1.29, 1.82) is 0 Å². The number of rotatable bonds is 4. The molecular formula is C20H15ClN2O2S. The zero-order chi connectivity index (χ0) is 18.1. The molecule has 26 heavy (non-hydrogen) atoms. The van der Waals surface area contributed by atoms with E-state index in [4.69, 9.17) is 16.0 Å². The first-order valence-corrected chi connectivity index (χ1v) is 9.34. The number of carbonyl (C=O) groups excluding carboxylic acids is 1. The topological polar surface area (TPSA) is 55.1 Å². The van der Waals surface area contributed by atoms with Gasteiger partial charge in [-0.05, 0) is 25.1 Å². The van der Waals surface area contributed by atoms with E-state index in [1.54, 1.807) is 18.2 Å². The van der Waals surface area contributed by atoms with Gasteiger partial charge in [0, 0.05) is 26.9 Å². The Kier molecular flexibility index (Phi) is 4.49. The summed E-state index contributed by atoms with van der Waals surface area (Å²) in [5, 5.41) is 7.18. The lowest BCUT2D eigenvalue weighted by molar-refractivity contribution is 0.0924. The van der Waals surface area contributed by atoms with Crippen molar-refractivity contribution >= 4 is 39.8 Å². The Bertz CT molecular complexity index is 1090. The van der Waals surface area contributed by atoms with E-state index in [0.717, 1.165) is 27.2 Å². The summed E-state index contributed by atoms with van der Waals surface area (Å²) in [7, 11) is 0. The minimum atomic E-state index is -0.258. The standard InChI is InChI=1S/C20H15ClN2O2S/c1-12-15-9-14(21)7-8-17(15)25-19(12)20(24)22-10-18-23-16(11-26-18)13-5-3-2-4-6-13/h2-9,11H,10H2,1H3,(H,22,24). The van der Waals surface area contributed by atoms with Crippen LogP contribution in [0.15, 0.2) is 58.3 Å². The molecule has 130 valence electrons. The number of fused-ring (bicyclic) bond motifs is 1. The number of nitrogens with one attached hydrogen (secondary N) is 1. The number of thiazole rings is 1. The van der Waals surface area contributed by atoms with Crippen LogP contribution in [0.2, 0.25) is 5.02 Å². The molecule has 2 aromatic heterocycles. The molecule has 0 saturated heterocycles. The fourth-order valence-electron chi connectivity index (χ4n) is 2.78. The summed E-state index contributed by atoms with van der Waals surface area (Å²) in [5.74, 6) is 0.0494. The summed E-state index contributed by atoms with van der Waals surface area (Å²) in [6, 6.07) is 15.3. The fourth-order valence-corrected chi connectivity index (χ4v) is 3.69. The van der Waals surface area contributed by atoms with Crippen LogP contribution in [0.3, 0.4) is 0 Å². The lowest BCUT2D eigenvalue weighted by Crippen LogP contribution is -2.22. The van der Waals surface area contributed by atoms with E-state index in [2.05, 4.69) is 10.3 Å². The Morgan fingerprint density at radius 3 is 2.85 bits per heavy atom. The summed E-state index contributed by atoms with van der Waals surface area (Å²) in [6.07, 6.45) is 0. The Balaban J connectivity index is 1.49.